The van der Waals surface area contributed by atoms with E-state index in [1.165, 1.54) is 0 Å². The quantitative estimate of drug-likeness (QED) is 0.315. The average molecular weight is 321 g/mol. The van der Waals surface area contributed by atoms with Gasteiger partial charge >= 0.3 is 0 Å². The first kappa shape index (κ1) is 15.8. The van der Waals surface area contributed by atoms with Crippen molar-refractivity contribution in [2.75, 3.05) is 0 Å². The second kappa shape index (κ2) is 6.02. The van der Waals surface area contributed by atoms with Gasteiger partial charge in [0.1, 0.15) is 0 Å². The number of rotatable bonds is 3. The normalized spacial score (nSPS) is 12.5. The second-order valence-electron chi connectivity index (χ2n) is 4.64. The van der Waals surface area contributed by atoms with Gasteiger partial charge in [0.2, 0.25) is 5.82 Å². The third kappa shape index (κ3) is 3.02. The summed E-state index contributed by atoms with van der Waals surface area (Å²) in [6.07, 6.45) is -0.0554. The topological polar surface area (TPSA) is 0 Å². The first-order valence-corrected chi connectivity index (χ1v) is 6.47. The molecule has 0 N–H and O–H groups in total. The highest BCUT2D eigenvalue weighted by molar-refractivity contribution is 6.21. The molecular weight excluding hydrogens is 311 g/mol. The molecular formula is C15H10ClF5. The Bertz CT molecular complexity index is 638. The van der Waals surface area contributed by atoms with Gasteiger partial charge in [0.25, 0.3) is 0 Å². The largest absolute Gasteiger partial charge is 0.203 e. The van der Waals surface area contributed by atoms with Crippen LogP contribution in [-0.2, 0) is 6.42 Å². The van der Waals surface area contributed by atoms with E-state index in [9.17, 15) is 22.0 Å². The van der Waals surface area contributed by atoms with Crippen LogP contribution >= 0.6 is 11.6 Å². The van der Waals surface area contributed by atoms with Gasteiger partial charge in [-0.05, 0) is 18.9 Å². The van der Waals surface area contributed by atoms with Crippen LogP contribution in [0.1, 0.15) is 22.1 Å². The van der Waals surface area contributed by atoms with Crippen molar-refractivity contribution in [3.63, 3.8) is 0 Å². The van der Waals surface area contributed by atoms with Crippen molar-refractivity contribution in [2.24, 2.45) is 0 Å². The molecule has 2 aromatic carbocycles. The average Bonchev–Trinajstić information content (AvgIpc) is 2.46. The van der Waals surface area contributed by atoms with E-state index in [0.717, 1.165) is 5.56 Å². The molecule has 21 heavy (non-hydrogen) atoms. The van der Waals surface area contributed by atoms with Crippen molar-refractivity contribution in [2.45, 2.75) is 18.7 Å². The van der Waals surface area contributed by atoms with Crippen LogP contribution < -0.4 is 0 Å². The molecule has 1 atom stereocenters. The zero-order chi connectivity index (χ0) is 15.7. The molecule has 0 bridgehead atoms. The standard InChI is InChI=1S/C15H10ClF5/c1-7-2-4-8(5-3-7)6-9(16)10-11(17)13(19)15(21)14(20)12(10)18/h2-5,9H,6H2,1H3. The molecule has 2 aromatic rings. The van der Waals surface area contributed by atoms with Gasteiger partial charge in [-0.3, -0.25) is 0 Å². The summed E-state index contributed by atoms with van der Waals surface area (Å²) in [6, 6.07) is 6.88. The number of aryl methyl sites for hydroxylation is 1. The first-order valence-electron chi connectivity index (χ1n) is 6.03. The van der Waals surface area contributed by atoms with Crippen LogP contribution in [0.2, 0.25) is 0 Å². The molecule has 0 radical (unpaired) electrons. The van der Waals surface area contributed by atoms with Crippen molar-refractivity contribution in [3.8, 4) is 0 Å². The summed E-state index contributed by atoms with van der Waals surface area (Å²) in [5, 5.41) is -1.36. The summed E-state index contributed by atoms with van der Waals surface area (Å²) in [7, 11) is 0. The molecule has 2 rings (SSSR count). The van der Waals surface area contributed by atoms with Crippen LogP contribution in [0.4, 0.5) is 22.0 Å². The lowest BCUT2D eigenvalue weighted by Crippen LogP contribution is -2.10. The predicted octanol–water partition coefficient (Wildman–Crippen LogP) is 5.21. The van der Waals surface area contributed by atoms with Crippen LogP contribution in [0, 0.1) is 36.0 Å². The van der Waals surface area contributed by atoms with Crippen molar-refractivity contribution < 1.29 is 22.0 Å². The molecule has 0 aliphatic rings. The molecule has 0 aromatic heterocycles. The lowest BCUT2D eigenvalue weighted by Gasteiger charge is -2.14. The molecule has 1 unspecified atom stereocenters. The van der Waals surface area contributed by atoms with Crippen molar-refractivity contribution in [3.05, 3.63) is 70.0 Å². The van der Waals surface area contributed by atoms with Crippen molar-refractivity contribution in [1.29, 1.82) is 0 Å². The Balaban J connectivity index is 2.39. The van der Waals surface area contributed by atoms with Crippen molar-refractivity contribution >= 4 is 11.6 Å². The van der Waals surface area contributed by atoms with E-state index in [2.05, 4.69) is 0 Å². The highest BCUT2D eigenvalue weighted by Gasteiger charge is 2.29. The number of hydrogen-bond acceptors (Lipinski definition) is 0. The molecule has 112 valence electrons. The van der Waals surface area contributed by atoms with Gasteiger partial charge in [-0.2, -0.15) is 0 Å². The SMILES string of the molecule is Cc1ccc(CC(Cl)c2c(F)c(F)c(F)c(F)c2F)cc1. The summed E-state index contributed by atoms with van der Waals surface area (Å²) in [6.45, 7) is 1.85. The fraction of sp³-hybridized carbons (Fsp3) is 0.200. The Morgan fingerprint density at radius 1 is 0.810 bits per heavy atom. The number of hydrogen-bond donors (Lipinski definition) is 0. The monoisotopic (exact) mass is 320 g/mol. The van der Waals surface area contributed by atoms with Crippen LogP contribution in [-0.4, -0.2) is 0 Å². The molecule has 0 saturated carbocycles. The molecule has 0 aliphatic carbocycles. The molecule has 0 nitrogen and oxygen atoms in total. The van der Waals surface area contributed by atoms with E-state index in [-0.39, 0.29) is 6.42 Å². The second-order valence-corrected chi connectivity index (χ2v) is 5.17. The Labute approximate surface area is 123 Å². The lowest BCUT2D eigenvalue weighted by atomic mass is 10.0. The minimum absolute atomic E-state index is 0.0554. The molecule has 0 heterocycles. The van der Waals surface area contributed by atoms with E-state index in [0.29, 0.717) is 5.56 Å². The number of alkyl halides is 1. The maximum atomic E-state index is 13.6. The molecule has 6 heteroatoms. The van der Waals surface area contributed by atoms with Gasteiger partial charge in [0, 0.05) is 5.56 Å². The van der Waals surface area contributed by atoms with Crippen LogP contribution in [0.25, 0.3) is 0 Å². The highest BCUT2D eigenvalue weighted by atomic mass is 35.5. The first-order chi connectivity index (χ1) is 9.82. The van der Waals surface area contributed by atoms with Gasteiger partial charge in [0.15, 0.2) is 23.3 Å². The summed E-state index contributed by atoms with van der Waals surface area (Å²) in [4.78, 5) is 0. The molecule has 0 amide bonds. The number of benzene rings is 2. The van der Waals surface area contributed by atoms with E-state index in [4.69, 9.17) is 11.6 Å². The van der Waals surface area contributed by atoms with Gasteiger partial charge in [-0.25, -0.2) is 22.0 Å². The third-order valence-electron chi connectivity index (χ3n) is 3.09. The van der Waals surface area contributed by atoms with Crippen LogP contribution in [0.15, 0.2) is 24.3 Å². The van der Waals surface area contributed by atoms with Crippen molar-refractivity contribution in [1.82, 2.24) is 0 Å². The Morgan fingerprint density at radius 3 is 1.71 bits per heavy atom. The summed E-state index contributed by atoms with van der Waals surface area (Å²) in [5.41, 5.74) is 0.597. The van der Waals surface area contributed by atoms with E-state index < -0.39 is 40.0 Å². The Kier molecular flexibility index (Phi) is 4.52. The lowest BCUT2D eigenvalue weighted by molar-refractivity contribution is 0.369. The van der Waals surface area contributed by atoms with Gasteiger partial charge in [-0.15, -0.1) is 11.6 Å². The minimum Gasteiger partial charge on any atom is -0.203 e. The van der Waals surface area contributed by atoms with E-state index >= 15 is 0 Å². The van der Waals surface area contributed by atoms with E-state index in [1.54, 1.807) is 24.3 Å². The molecule has 0 spiro atoms. The fourth-order valence-electron chi connectivity index (χ4n) is 1.93. The van der Waals surface area contributed by atoms with Crippen LogP contribution in [0.5, 0.6) is 0 Å². The maximum Gasteiger partial charge on any atom is 0.200 e. The summed E-state index contributed by atoms with van der Waals surface area (Å²) < 4.78 is 66.5. The number of halogens is 6. The van der Waals surface area contributed by atoms with E-state index in [1.807, 2.05) is 6.92 Å². The molecule has 0 fully saturated rings. The summed E-state index contributed by atoms with van der Waals surface area (Å²) >= 11 is 5.85. The minimum atomic E-state index is -2.19. The third-order valence-corrected chi connectivity index (χ3v) is 3.47. The summed E-state index contributed by atoms with van der Waals surface area (Å²) in [5.74, 6) is -9.94. The van der Waals surface area contributed by atoms with Gasteiger partial charge in [0.05, 0.1) is 5.38 Å². The predicted molar refractivity (Wildman–Crippen MR) is 69.7 cm³/mol. The molecule has 0 aliphatic heterocycles. The zero-order valence-electron chi connectivity index (χ0n) is 10.9. The zero-order valence-corrected chi connectivity index (χ0v) is 11.6. The maximum absolute atomic E-state index is 13.6. The molecule has 0 saturated heterocycles. The van der Waals surface area contributed by atoms with Gasteiger partial charge < -0.3 is 0 Å². The van der Waals surface area contributed by atoms with Gasteiger partial charge in [-0.1, -0.05) is 29.8 Å². The Hall–Kier alpha value is -1.62. The fourth-order valence-corrected chi connectivity index (χ4v) is 2.30. The Morgan fingerprint density at radius 2 is 1.24 bits per heavy atom. The van der Waals surface area contributed by atoms with Crippen LogP contribution in [0.3, 0.4) is 0 Å². The highest BCUT2D eigenvalue weighted by Crippen LogP contribution is 2.33. The smallest absolute Gasteiger partial charge is 0.200 e.